The molecule has 1 N–H and O–H groups in total. The third kappa shape index (κ3) is 3.30. The highest BCUT2D eigenvalue weighted by Gasteiger charge is 2.18. The van der Waals surface area contributed by atoms with E-state index >= 15 is 0 Å². The van der Waals surface area contributed by atoms with Gasteiger partial charge in [0.05, 0.1) is 18.4 Å². The van der Waals surface area contributed by atoms with Crippen molar-refractivity contribution in [3.8, 4) is 0 Å². The Morgan fingerprint density at radius 2 is 2.25 bits per heavy atom. The molecule has 0 radical (unpaired) electrons. The number of nitrogens with zero attached hydrogens (tertiary/aromatic N) is 1. The lowest BCUT2D eigenvalue weighted by atomic mass is 9.96. The van der Waals surface area contributed by atoms with E-state index in [9.17, 15) is 0 Å². The molecule has 0 spiro atoms. The SMILES string of the molecule is ON=C1CCC(OCc2cc(Br)cs2)CC1. The lowest BCUT2D eigenvalue weighted by molar-refractivity contribution is 0.0291. The number of hydrogen-bond donors (Lipinski definition) is 1. The predicted molar refractivity (Wildman–Crippen MR) is 68.3 cm³/mol. The van der Waals surface area contributed by atoms with Crippen LogP contribution in [0.25, 0.3) is 0 Å². The lowest BCUT2D eigenvalue weighted by Crippen LogP contribution is -2.21. The van der Waals surface area contributed by atoms with Crippen molar-refractivity contribution in [3.63, 3.8) is 0 Å². The summed E-state index contributed by atoms with van der Waals surface area (Å²) < 4.78 is 6.95. The first kappa shape index (κ1) is 12.1. The molecule has 1 aromatic rings. The van der Waals surface area contributed by atoms with Crippen molar-refractivity contribution in [2.45, 2.75) is 38.4 Å². The van der Waals surface area contributed by atoms with E-state index in [1.165, 1.54) is 4.88 Å². The number of oxime groups is 1. The fourth-order valence-corrected chi connectivity index (χ4v) is 3.19. The number of rotatable bonds is 3. The third-order valence-electron chi connectivity index (χ3n) is 2.73. The van der Waals surface area contributed by atoms with Crippen molar-refractivity contribution in [3.05, 3.63) is 20.8 Å². The van der Waals surface area contributed by atoms with E-state index in [2.05, 4.69) is 32.5 Å². The Labute approximate surface area is 107 Å². The highest BCUT2D eigenvalue weighted by atomic mass is 79.9. The normalized spacial score (nSPS) is 21.1. The Morgan fingerprint density at radius 3 is 2.81 bits per heavy atom. The zero-order valence-corrected chi connectivity index (χ0v) is 11.3. The van der Waals surface area contributed by atoms with Crippen LogP contribution in [-0.4, -0.2) is 17.0 Å². The highest BCUT2D eigenvalue weighted by molar-refractivity contribution is 9.10. The van der Waals surface area contributed by atoms with Gasteiger partial charge in [-0.2, -0.15) is 0 Å². The molecule has 1 aliphatic rings. The lowest BCUT2D eigenvalue weighted by Gasteiger charge is -2.22. The standard InChI is InChI=1S/C11H14BrNO2S/c12-8-5-11(16-7-8)6-15-10-3-1-9(13-14)2-4-10/h5,7,10,14H,1-4,6H2. The van der Waals surface area contributed by atoms with Crippen molar-refractivity contribution in [1.82, 2.24) is 0 Å². The molecule has 1 heterocycles. The first-order valence-electron chi connectivity index (χ1n) is 5.32. The maximum Gasteiger partial charge on any atom is 0.0813 e. The molecular weight excluding hydrogens is 290 g/mol. The van der Waals surface area contributed by atoms with E-state index in [0.717, 1.165) is 35.9 Å². The number of thiophene rings is 1. The van der Waals surface area contributed by atoms with Crippen LogP contribution >= 0.6 is 27.3 Å². The summed E-state index contributed by atoms with van der Waals surface area (Å²) in [4.78, 5) is 1.24. The van der Waals surface area contributed by atoms with Gasteiger partial charge in [-0.25, -0.2) is 0 Å². The Balaban J connectivity index is 1.75. The maximum atomic E-state index is 8.63. The van der Waals surface area contributed by atoms with Gasteiger partial charge in [0.1, 0.15) is 0 Å². The van der Waals surface area contributed by atoms with Crippen LogP contribution in [0.4, 0.5) is 0 Å². The second-order valence-electron chi connectivity index (χ2n) is 3.91. The first-order chi connectivity index (χ1) is 7.78. The molecule has 0 aromatic carbocycles. The van der Waals surface area contributed by atoms with Crippen LogP contribution in [-0.2, 0) is 11.3 Å². The monoisotopic (exact) mass is 303 g/mol. The van der Waals surface area contributed by atoms with Crippen molar-refractivity contribution < 1.29 is 9.94 Å². The van der Waals surface area contributed by atoms with Crippen LogP contribution in [0.3, 0.4) is 0 Å². The number of hydrogen-bond acceptors (Lipinski definition) is 4. The molecule has 1 saturated carbocycles. The van der Waals surface area contributed by atoms with Crippen molar-refractivity contribution in [1.29, 1.82) is 0 Å². The molecule has 0 saturated heterocycles. The van der Waals surface area contributed by atoms with Crippen LogP contribution < -0.4 is 0 Å². The van der Waals surface area contributed by atoms with Crippen molar-refractivity contribution in [2.75, 3.05) is 0 Å². The smallest absolute Gasteiger partial charge is 0.0813 e. The Kier molecular flexibility index (Phi) is 4.37. The van der Waals surface area contributed by atoms with Crippen LogP contribution in [0.5, 0.6) is 0 Å². The molecule has 2 rings (SSSR count). The van der Waals surface area contributed by atoms with Gasteiger partial charge in [-0.3, -0.25) is 0 Å². The van der Waals surface area contributed by atoms with Crippen molar-refractivity contribution in [2.24, 2.45) is 5.16 Å². The van der Waals surface area contributed by atoms with Gasteiger partial charge in [-0.05, 0) is 47.7 Å². The van der Waals surface area contributed by atoms with E-state index in [0.29, 0.717) is 12.7 Å². The van der Waals surface area contributed by atoms with Crippen LogP contribution in [0, 0.1) is 0 Å². The molecule has 1 aliphatic carbocycles. The molecule has 1 aromatic heterocycles. The van der Waals surface area contributed by atoms with Gasteiger partial charge in [-0.15, -0.1) is 11.3 Å². The zero-order chi connectivity index (χ0) is 11.4. The predicted octanol–water partition coefficient (Wildman–Crippen LogP) is 3.80. The molecule has 5 heteroatoms. The molecule has 0 aliphatic heterocycles. The highest BCUT2D eigenvalue weighted by Crippen LogP contribution is 2.24. The van der Waals surface area contributed by atoms with Gasteiger partial charge in [0.2, 0.25) is 0 Å². The minimum atomic E-state index is 0.311. The van der Waals surface area contributed by atoms with Gasteiger partial charge in [-0.1, -0.05) is 5.16 Å². The van der Waals surface area contributed by atoms with Gasteiger partial charge in [0.25, 0.3) is 0 Å². The summed E-state index contributed by atoms with van der Waals surface area (Å²) in [6.07, 6.45) is 3.95. The van der Waals surface area contributed by atoms with Crippen molar-refractivity contribution >= 4 is 33.0 Å². The van der Waals surface area contributed by atoms with E-state index in [-0.39, 0.29) is 0 Å². The Morgan fingerprint density at radius 1 is 1.50 bits per heavy atom. The summed E-state index contributed by atoms with van der Waals surface area (Å²) in [5, 5.41) is 14.0. The molecular formula is C11H14BrNO2S. The van der Waals surface area contributed by atoms with E-state index in [1.54, 1.807) is 11.3 Å². The molecule has 0 unspecified atom stereocenters. The zero-order valence-electron chi connectivity index (χ0n) is 8.86. The summed E-state index contributed by atoms with van der Waals surface area (Å²) >= 11 is 5.13. The first-order valence-corrected chi connectivity index (χ1v) is 6.99. The molecule has 0 amide bonds. The molecule has 88 valence electrons. The van der Waals surface area contributed by atoms with Gasteiger partial charge >= 0.3 is 0 Å². The topological polar surface area (TPSA) is 41.8 Å². The Bertz CT molecular complexity index is 368. The number of halogens is 1. The fourth-order valence-electron chi connectivity index (χ4n) is 1.82. The van der Waals surface area contributed by atoms with E-state index in [1.807, 2.05) is 0 Å². The third-order valence-corrected chi connectivity index (χ3v) is 4.41. The minimum absolute atomic E-state index is 0.311. The average molecular weight is 304 g/mol. The van der Waals surface area contributed by atoms with Gasteiger partial charge in [0, 0.05) is 14.7 Å². The molecule has 0 atom stereocenters. The minimum Gasteiger partial charge on any atom is -0.411 e. The number of ether oxygens (including phenoxy) is 1. The molecule has 0 bridgehead atoms. The fraction of sp³-hybridized carbons (Fsp3) is 0.545. The average Bonchev–Trinajstić information content (AvgIpc) is 2.73. The Hall–Kier alpha value is -0.390. The largest absolute Gasteiger partial charge is 0.411 e. The quantitative estimate of drug-likeness (QED) is 0.681. The van der Waals surface area contributed by atoms with E-state index in [4.69, 9.17) is 9.94 Å². The van der Waals surface area contributed by atoms with Crippen LogP contribution in [0.15, 0.2) is 21.1 Å². The van der Waals surface area contributed by atoms with Gasteiger partial charge < -0.3 is 9.94 Å². The summed E-state index contributed by atoms with van der Waals surface area (Å²) in [7, 11) is 0. The van der Waals surface area contributed by atoms with Crippen LogP contribution in [0.1, 0.15) is 30.6 Å². The molecule has 16 heavy (non-hydrogen) atoms. The summed E-state index contributed by atoms with van der Waals surface area (Å²) in [6.45, 7) is 0.687. The van der Waals surface area contributed by atoms with E-state index < -0.39 is 0 Å². The van der Waals surface area contributed by atoms with Gasteiger partial charge in [0.15, 0.2) is 0 Å². The molecule has 3 nitrogen and oxygen atoms in total. The summed E-state index contributed by atoms with van der Waals surface area (Å²) in [5.74, 6) is 0. The maximum absolute atomic E-state index is 8.63. The summed E-state index contributed by atoms with van der Waals surface area (Å²) in [6, 6.07) is 2.09. The summed E-state index contributed by atoms with van der Waals surface area (Å²) in [5.41, 5.74) is 0.902. The molecule has 1 fully saturated rings. The van der Waals surface area contributed by atoms with Crippen LogP contribution in [0.2, 0.25) is 0 Å². The second kappa shape index (κ2) is 5.80. The second-order valence-corrected chi connectivity index (χ2v) is 5.82.